The number of hydrogen-bond acceptors (Lipinski definition) is 2. The van der Waals surface area contributed by atoms with Crippen LogP contribution in [0.15, 0.2) is 22.7 Å². The molecule has 76 valence electrons. The second-order valence-electron chi connectivity index (χ2n) is 2.54. The molecule has 1 rings (SSSR count). The number of ether oxygens (including phenoxy) is 1. The number of carbonyl (C=O) groups is 1. The molecule has 0 aromatic heterocycles. The molecule has 3 nitrogen and oxygen atoms in total. The summed E-state index contributed by atoms with van der Waals surface area (Å²) in [6.45, 7) is -0.185. The van der Waals surface area contributed by atoms with E-state index >= 15 is 0 Å². The van der Waals surface area contributed by atoms with Crippen LogP contribution in [-0.4, -0.2) is 19.6 Å². The Morgan fingerprint density at radius 1 is 1.64 bits per heavy atom. The summed E-state index contributed by atoms with van der Waals surface area (Å²) in [4.78, 5) is 10.8. The maximum atomic E-state index is 13.1. The minimum absolute atomic E-state index is 0.0665. The highest BCUT2D eigenvalue weighted by Gasteiger charge is 2.05. The molecule has 0 aliphatic heterocycles. The van der Waals surface area contributed by atoms with Gasteiger partial charge in [-0.15, -0.1) is 0 Å². The molecule has 0 heterocycles. The Hall–Kier alpha value is -1.10. The number of likely N-dealkylation sites (N-methyl/N-ethyl adjacent to an activating group) is 1. The summed E-state index contributed by atoms with van der Waals surface area (Å²) in [5.41, 5.74) is 0. The molecule has 0 fully saturated rings. The first-order valence-electron chi connectivity index (χ1n) is 3.92. The van der Waals surface area contributed by atoms with E-state index < -0.39 is 5.82 Å². The van der Waals surface area contributed by atoms with Crippen molar-refractivity contribution in [2.45, 2.75) is 0 Å². The first-order valence-corrected chi connectivity index (χ1v) is 4.71. The lowest BCUT2D eigenvalue weighted by molar-refractivity contribution is -0.122. The first-order chi connectivity index (χ1) is 6.63. The minimum atomic E-state index is -0.497. The highest BCUT2D eigenvalue weighted by atomic mass is 79.9. The van der Waals surface area contributed by atoms with Crippen molar-refractivity contribution in [1.82, 2.24) is 5.32 Å². The van der Waals surface area contributed by atoms with Gasteiger partial charge in [0.1, 0.15) is 0 Å². The Morgan fingerprint density at radius 2 is 2.36 bits per heavy atom. The van der Waals surface area contributed by atoms with Gasteiger partial charge in [0, 0.05) is 11.5 Å². The minimum Gasteiger partial charge on any atom is -0.481 e. The van der Waals surface area contributed by atoms with Gasteiger partial charge < -0.3 is 10.1 Å². The maximum Gasteiger partial charge on any atom is 0.257 e. The molecule has 0 saturated carbocycles. The number of amides is 1. The monoisotopic (exact) mass is 261 g/mol. The third-order valence-electron chi connectivity index (χ3n) is 1.53. The lowest BCUT2D eigenvalue weighted by Crippen LogP contribution is -2.25. The molecule has 0 saturated heterocycles. The molecule has 5 heteroatoms. The smallest absolute Gasteiger partial charge is 0.257 e. The van der Waals surface area contributed by atoms with E-state index in [1.807, 2.05) is 0 Å². The SMILES string of the molecule is CNC(=O)COc1ccc(Br)cc1F. The van der Waals surface area contributed by atoms with Gasteiger partial charge in [-0.25, -0.2) is 4.39 Å². The maximum absolute atomic E-state index is 13.1. The van der Waals surface area contributed by atoms with E-state index in [9.17, 15) is 9.18 Å². The van der Waals surface area contributed by atoms with Crippen LogP contribution in [0.5, 0.6) is 5.75 Å². The summed E-state index contributed by atoms with van der Waals surface area (Å²) in [7, 11) is 1.49. The number of halogens is 2. The average molecular weight is 262 g/mol. The number of hydrogen-bond donors (Lipinski definition) is 1. The van der Waals surface area contributed by atoms with Crippen LogP contribution in [-0.2, 0) is 4.79 Å². The number of rotatable bonds is 3. The van der Waals surface area contributed by atoms with Crippen molar-refractivity contribution in [3.8, 4) is 5.75 Å². The van der Waals surface area contributed by atoms with Gasteiger partial charge in [0.2, 0.25) is 0 Å². The van der Waals surface area contributed by atoms with Crippen molar-refractivity contribution in [2.75, 3.05) is 13.7 Å². The Morgan fingerprint density at radius 3 is 2.93 bits per heavy atom. The number of nitrogens with one attached hydrogen (secondary N) is 1. The fraction of sp³-hybridized carbons (Fsp3) is 0.222. The molecule has 0 bridgehead atoms. The van der Waals surface area contributed by atoms with Crippen LogP contribution in [0, 0.1) is 5.82 Å². The van der Waals surface area contributed by atoms with Gasteiger partial charge in [-0.1, -0.05) is 15.9 Å². The Bertz CT molecular complexity index is 344. The Balaban J connectivity index is 2.63. The van der Waals surface area contributed by atoms with E-state index in [1.54, 1.807) is 6.07 Å². The average Bonchev–Trinajstić information content (AvgIpc) is 2.16. The van der Waals surface area contributed by atoms with Crippen LogP contribution >= 0.6 is 15.9 Å². The van der Waals surface area contributed by atoms with E-state index in [4.69, 9.17) is 4.74 Å². The predicted octanol–water partition coefficient (Wildman–Crippen LogP) is 1.71. The van der Waals surface area contributed by atoms with Gasteiger partial charge in [0.15, 0.2) is 18.2 Å². The van der Waals surface area contributed by atoms with Crippen LogP contribution in [0.1, 0.15) is 0 Å². The molecule has 1 amide bonds. The van der Waals surface area contributed by atoms with Gasteiger partial charge in [-0.2, -0.15) is 0 Å². The summed E-state index contributed by atoms with van der Waals surface area (Å²) < 4.78 is 18.7. The lowest BCUT2D eigenvalue weighted by Gasteiger charge is -2.05. The molecule has 1 aromatic rings. The second kappa shape index (κ2) is 4.95. The summed E-state index contributed by atoms with van der Waals surface area (Å²) in [6, 6.07) is 4.38. The third kappa shape index (κ3) is 2.99. The molecule has 0 radical (unpaired) electrons. The summed E-state index contributed by atoms with van der Waals surface area (Å²) >= 11 is 3.12. The normalized spacial score (nSPS) is 9.64. The van der Waals surface area contributed by atoms with E-state index in [0.29, 0.717) is 4.47 Å². The zero-order valence-corrected chi connectivity index (χ0v) is 9.10. The number of carbonyl (C=O) groups excluding carboxylic acids is 1. The molecule has 0 aliphatic rings. The van der Waals surface area contributed by atoms with Gasteiger partial charge in [0.05, 0.1) is 0 Å². The predicted molar refractivity (Wildman–Crippen MR) is 53.7 cm³/mol. The zero-order chi connectivity index (χ0) is 10.6. The van der Waals surface area contributed by atoms with Crippen LogP contribution in [0.3, 0.4) is 0 Å². The molecule has 0 spiro atoms. The fourth-order valence-electron chi connectivity index (χ4n) is 0.808. The van der Waals surface area contributed by atoms with Crippen molar-refractivity contribution < 1.29 is 13.9 Å². The van der Waals surface area contributed by atoms with Crippen molar-refractivity contribution >= 4 is 21.8 Å². The first kappa shape index (κ1) is 11.0. The summed E-state index contributed by atoms with van der Waals surface area (Å²) in [5.74, 6) is -0.729. The highest BCUT2D eigenvalue weighted by molar-refractivity contribution is 9.10. The largest absolute Gasteiger partial charge is 0.481 e. The van der Waals surface area contributed by atoms with Crippen LogP contribution < -0.4 is 10.1 Å². The van der Waals surface area contributed by atoms with Crippen molar-refractivity contribution in [1.29, 1.82) is 0 Å². The molecular weight excluding hydrogens is 253 g/mol. The Labute approximate surface area is 89.4 Å². The highest BCUT2D eigenvalue weighted by Crippen LogP contribution is 2.21. The quantitative estimate of drug-likeness (QED) is 0.900. The van der Waals surface area contributed by atoms with E-state index in [-0.39, 0.29) is 18.3 Å². The Kier molecular flexibility index (Phi) is 3.88. The van der Waals surface area contributed by atoms with Crippen molar-refractivity contribution in [2.24, 2.45) is 0 Å². The van der Waals surface area contributed by atoms with Crippen molar-refractivity contribution in [3.63, 3.8) is 0 Å². The molecule has 1 aromatic carbocycles. The van der Waals surface area contributed by atoms with Gasteiger partial charge in [-0.3, -0.25) is 4.79 Å². The van der Waals surface area contributed by atoms with E-state index in [2.05, 4.69) is 21.2 Å². The standard InChI is InChI=1S/C9H9BrFNO2/c1-12-9(13)5-14-8-3-2-6(10)4-7(8)11/h2-4H,5H2,1H3,(H,12,13). The van der Waals surface area contributed by atoms with Crippen LogP contribution in [0.4, 0.5) is 4.39 Å². The van der Waals surface area contributed by atoms with Gasteiger partial charge in [0.25, 0.3) is 5.91 Å². The van der Waals surface area contributed by atoms with Crippen molar-refractivity contribution in [3.05, 3.63) is 28.5 Å². The molecule has 0 atom stereocenters. The molecule has 1 N–H and O–H groups in total. The second-order valence-corrected chi connectivity index (χ2v) is 3.45. The molecular formula is C9H9BrFNO2. The fourth-order valence-corrected chi connectivity index (χ4v) is 1.14. The molecule has 14 heavy (non-hydrogen) atoms. The van der Waals surface area contributed by atoms with Gasteiger partial charge in [-0.05, 0) is 18.2 Å². The summed E-state index contributed by atoms with van der Waals surface area (Å²) in [6.07, 6.45) is 0. The lowest BCUT2D eigenvalue weighted by atomic mass is 10.3. The van der Waals surface area contributed by atoms with Gasteiger partial charge >= 0.3 is 0 Å². The molecule has 0 unspecified atom stereocenters. The van der Waals surface area contributed by atoms with Crippen LogP contribution in [0.25, 0.3) is 0 Å². The summed E-state index contributed by atoms with van der Waals surface area (Å²) in [5, 5.41) is 2.37. The van der Waals surface area contributed by atoms with E-state index in [1.165, 1.54) is 19.2 Å². The zero-order valence-electron chi connectivity index (χ0n) is 7.51. The third-order valence-corrected chi connectivity index (χ3v) is 2.02. The van der Waals surface area contributed by atoms with E-state index in [0.717, 1.165) is 0 Å². The molecule has 0 aliphatic carbocycles. The number of benzene rings is 1. The van der Waals surface area contributed by atoms with Crippen LogP contribution in [0.2, 0.25) is 0 Å². The topological polar surface area (TPSA) is 38.3 Å².